The maximum atomic E-state index is 14.2. The maximum Gasteiger partial charge on any atom is 0.338 e. The van der Waals surface area contributed by atoms with Crippen LogP contribution in [-0.4, -0.2) is 29.7 Å². The normalized spacial score (nSPS) is 14.6. The predicted octanol–water partition coefficient (Wildman–Crippen LogP) is 6.50. The number of hydrogen-bond acceptors (Lipinski definition) is 8. The molecule has 0 amide bonds. The molecular formula is C38H34N2O6S. The number of aromatic nitrogens is 1. The van der Waals surface area contributed by atoms with Crippen LogP contribution in [0.1, 0.15) is 72.5 Å². The minimum absolute atomic E-state index is 0.178. The molecule has 0 radical (unpaired) electrons. The van der Waals surface area contributed by atoms with Crippen molar-refractivity contribution < 1.29 is 23.5 Å². The Labute approximate surface area is 275 Å². The van der Waals surface area contributed by atoms with Gasteiger partial charge < -0.3 is 13.9 Å². The fourth-order valence-electron chi connectivity index (χ4n) is 5.55. The third-order valence-electron chi connectivity index (χ3n) is 7.85. The van der Waals surface area contributed by atoms with Gasteiger partial charge in [0.1, 0.15) is 11.5 Å². The lowest BCUT2D eigenvalue weighted by molar-refractivity contribution is -0.138. The molecule has 1 aliphatic heterocycles. The van der Waals surface area contributed by atoms with E-state index in [0.29, 0.717) is 49.2 Å². The van der Waals surface area contributed by atoms with Gasteiger partial charge in [0, 0.05) is 17.2 Å². The molecule has 238 valence electrons. The van der Waals surface area contributed by atoms with Crippen LogP contribution in [-0.2, 0) is 14.3 Å². The number of carbonyl (C=O) groups is 2. The summed E-state index contributed by atoms with van der Waals surface area (Å²) in [4.78, 5) is 45.5. The summed E-state index contributed by atoms with van der Waals surface area (Å²) in [6.07, 6.45) is 1.68. The Morgan fingerprint density at radius 1 is 0.894 bits per heavy atom. The second-order valence-electron chi connectivity index (χ2n) is 11.3. The largest absolute Gasteiger partial charge is 0.463 e. The van der Waals surface area contributed by atoms with Crippen molar-refractivity contribution in [2.75, 3.05) is 13.2 Å². The van der Waals surface area contributed by atoms with Gasteiger partial charge in [-0.3, -0.25) is 9.36 Å². The van der Waals surface area contributed by atoms with E-state index >= 15 is 0 Å². The molecule has 6 rings (SSSR count). The van der Waals surface area contributed by atoms with Gasteiger partial charge in [0.05, 0.1) is 40.6 Å². The maximum absolute atomic E-state index is 14.2. The van der Waals surface area contributed by atoms with Crippen molar-refractivity contribution in [3.05, 3.63) is 144 Å². The Bertz CT molecular complexity index is 2150. The van der Waals surface area contributed by atoms with E-state index in [4.69, 9.17) is 18.9 Å². The lowest BCUT2D eigenvalue weighted by atomic mass is 9.91. The molecule has 1 atom stereocenters. The molecule has 0 N–H and O–H groups in total. The van der Waals surface area contributed by atoms with Crippen molar-refractivity contribution in [2.45, 2.75) is 39.7 Å². The van der Waals surface area contributed by atoms with E-state index in [-0.39, 0.29) is 18.8 Å². The first-order valence-corrected chi connectivity index (χ1v) is 16.4. The summed E-state index contributed by atoms with van der Waals surface area (Å²) in [5.74, 6) is 0.374. The highest BCUT2D eigenvalue weighted by molar-refractivity contribution is 7.07. The van der Waals surface area contributed by atoms with E-state index < -0.39 is 18.0 Å². The number of esters is 2. The third-order valence-corrected chi connectivity index (χ3v) is 8.83. The molecular weight excluding hydrogens is 612 g/mol. The number of hydrogen-bond donors (Lipinski definition) is 0. The van der Waals surface area contributed by atoms with Crippen molar-refractivity contribution in [1.82, 2.24) is 4.57 Å². The van der Waals surface area contributed by atoms with Crippen LogP contribution in [0.5, 0.6) is 0 Å². The number of ether oxygens (including phenoxy) is 2. The molecule has 0 fully saturated rings. The van der Waals surface area contributed by atoms with Gasteiger partial charge in [-0.05, 0) is 55.2 Å². The minimum Gasteiger partial charge on any atom is -0.463 e. The van der Waals surface area contributed by atoms with Crippen LogP contribution in [0.4, 0.5) is 0 Å². The average molecular weight is 647 g/mol. The highest BCUT2D eigenvalue weighted by Gasteiger charge is 2.35. The van der Waals surface area contributed by atoms with E-state index in [1.807, 2.05) is 60.7 Å². The molecule has 1 aliphatic rings. The summed E-state index contributed by atoms with van der Waals surface area (Å²) < 4.78 is 18.8. The minimum atomic E-state index is -0.762. The smallest absolute Gasteiger partial charge is 0.338 e. The molecule has 2 aromatic heterocycles. The van der Waals surface area contributed by atoms with Gasteiger partial charge in [-0.15, -0.1) is 0 Å². The summed E-state index contributed by atoms with van der Waals surface area (Å²) in [5, 5.41) is 0. The molecule has 0 spiro atoms. The number of benzene rings is 3. The topological polar surface area (TPSA) is 100 Å². The van der Waals surface area contributed by atoms with Crippen molar-refractivity contribution in [3.63, 3.8) is 0 Å². The van der Waals surface area contributed by atoms with Gasteiger partial charge in [0.25, 0.3) is 5.56 Å². The Balaban J connectivity index is 1.50. The van der Waals surface area contributed by atoms with Gasteiger partial charge in [0.2, 0.25) is 0 Å². The summed E-state index contributed by atoms with van der Waals surface area (Å²) in [6, 6.07) is 27.3. The molecule has 5 aromatic rings. The third kappa shape index (κ3) is 6.39. The van der Waals surface area contributed by atoms with Crippen LogP contribution in [0.2, 0.25) is 0 Å². The van der Waals surface area contributed by atoms with Gasteiger partial charge in [-0.1, -0.05) is 91.9 Å². The standard InChI is InChI=1S/C38H34N2O6S/c1-5-44-36(42)28-14-10-13-27(21-28)30-20-19-29(46-30)22-31-35(41)40-34(26-17-15-24(16-18-26)23(3)4)32(37(43)45-6-2)33(39-38(40)47-31)25-11-8-7-9-12-25/h7-23,34H,5-6H2,1-4H3/b31-22-. The van der Waals surface area contributed by atoms with Crippen LogP contribution in [0, 0.1) is 0 Å². The molecule has 0 saturated heterocycles. The Morgan fingerprint density at radius 2 is 1.60 bits per heavy atom. The molecule has 9 heteroatoms. The average Bonchev–Trinajstić information content (AvgIpc) is 3.68. The first-order chi connectivity index (χ1) is 22.8. The van der Waals surface area contributed by atoms with Gasteiger partial charge >= 0.3 is 11.9 Å². The summed E-state index contributed by atoms with van der Waals surface area (Å²) in [6.45, 7) is 8.21. The molecule has 3 aromatic carbocycles. The van der Waals surface area contributed by atoms with Crippen molar-refractivity contribution in [1.29, 1.82) is 0 Å². The second kappa shape index (κ2) is 13.6. The zero-order chi connectivity index (χ0) is 33.1. The summed E-state index contributed by atoms with van der Waals surface area (Å²) in [5.41, 5.74) is 4.26. The number of carbonyl (C=O) groups excluding carboxylic acids is 2. The van der Waals surface area contributed by atoms with Crippen LogP contribution >= 0.6 is 11.3 Å². The Morgan fingerprint density at radius 3 is 2.30 bits per heavy atom. The first kappa shape index (κ1) is 31.7. The first-order valence-electron chi connectivity index (χ1n) is 15.5. The van der Waals surface area contributed by atoms with Crippen molar-refractivity contribution in [3.8, 4) is 11.3 Å². The fraction of sp³-hybridized carbons (Fsp3) is 0.211. The monoisotopic (exact) mass is 646 g/mol. The zero-order valence-corrected chi connectivity index (χ0v) is 27.4. The zero-order valence-electron chi connectivity index (χ0n) is 26.6. The second-order valence-corrected chi connectivity index (χ2v) is 12.3. The predicted molar refractivity (Wildman–Crippen MR) is 182 cm³/mol. The SMILES string of the molecule is CCOC(=O)C1=C(c2ccccc2)N=c2s/c(=C\c3ccc(-c4cccc(C(=O)OCC)c4)o3)c(=O)n2C1c1ccc(C(C)C)cc1. The van der Waals surface area contributed by atoms with Crippen LogP contribution in [0.3, 0.4) is 0 Å². The van der Waals surface area contributed by atoms with Crippen LogP contribution < -0.4 is 14.9 Å². The van der Waals surface area contributed by atoms with Crippen molar-refractivity contribution >= 4 is 35.0 Å². The highest BCUT2D eigenvalue weighted by Crippen LogP contribution is 2.35. The summed E-state index contributed by atoms with van der Waals surface area (Å²) in [7, 11) is 0. The number of nitrogens with zero attached hydrogens (tertiary/aromatic N) is 2. The van der Waals surface area contributed by atoms with Gasteiger partial charge in [0.15, 0.2) is 4.80 Å². The lowest BCUT2D eigenvalue weighted by Gasteiger charge is -2.26. The highest BCUT2D eigenvalue weighted by atomic mass is 32.1. The van der Waals surface area contributed by atoms with Crippen LogP contribution in [0.25, 0.3) is 23.1 Å². The Kier molecular flexibility index (Phi) is 9.17. The molecule has 0 bridgehead atoms. The molecule has 0 aliphatic carbocycles. The van der Waals surface area contributed by atoms with E-state index in [1.54, 1.807) is 54.8 Å². The number of fused-ring (bicyclic) bond motifs is 1. The van der Waals surface area contributed by atoms with E-state index in [0.717, 1.165) is 16.7 Å². The summed E-state index contributed by atoms with van der Waals surface area (Å²) >= 11 is 1.23. The number of rotatable bonds is 9. The number of furan rings is 1. The van der Waals surface area contributed by atoms with Gasteiger partial charge in [-0.2, -0.15) is 0 Å². The molecule has 47 heavy (non-hydrogen) atoms. The molecule has 0 saturated carbocycles. The van der Waals surface area contributed by atoms with Gasteiger partial charge in [-0.25, -0.2) is 14.6 Å². The van der Waals surface area contributed by atoms with E-state index in [9.17, 15) is 14.4 Å². The fourth-order valence-corrected chi connectivity index (χ4v) is 6.53. The van der Waals surface area contributed by atoms with E-state index in [2.05, 4.69) is 13.8 Å². The quantitative estimate of drug-likeness (QED) is 0.170. The van der Waals surface area contributed by atoms with E-state index in [1.165, 1.54) is 11.3 Å². The molecule has 8 nitrogen and oxygen atoms in total. The lowest BCUT2D eigenvalue weighted by Crippen LogP contribution is -2.40. The number of thiazole rings is 1. The molecule has 1 unspecified atom stereocenters. The van der Waals surface area contributed by atoms with Crippen LogP contribution in [0.15, 0.2) is 111 Å². The Hall–Kier alpha value is -5.28. The molecule has 3 heterocycles. The van der Waals surface area contributed by atoms with Crippen molar-refractivity contribution in [2.24, 2.45) is 4.99 Å².